The van der Waals surface area contributed by atoms with Crippen LogP contribution in [-0.2, 0) is 0 Å². The average Bonchev–Trinajstić information content (AvgIpc) is 2.15. The highest BCUT2D eigenvalue weighted by atomic mass is 35.5. The number of hydrogen-bond donors (Lipinski definition) is 1. The van der Waals surface area contributed by atoms with E-state index < -0.39 is 11.6 Å². The zero-order chi connectivity index (χ0) is 11.4. The molecule has 0 aliphatic heterocycles. The normalized spacial score (nSPS) is 9.47. The number of halogens is 3. The highest BCUT2D eigenvalue weighted by Crippen LogP contribution is 2.20. The lowest BCUT2D eigenvalue weighted by molar-refractivity contribution is 0.588. The van der Waals surface area contributed by atoms with Gasteiger partial charge in [0, 0.05) is 5.03 Å². The summed E-state index contributed by atoms with van der Waals surface area (Å²) in [6, 6.07) is 3.54. The lowest BCUT2D eigenvalue weighted by Gasteiger charge is -2.07. The van der Waals surface area contributed by atoms with E-state index in [1.165, 1.54) is 0 Å². The maximum Gasteiger partial charge on any atom is 0.150 e. The molecule has 0 bridgehead atoms. The van der Waals surface area contributed by atoms with Crippen LogP contribution in [0, 0.1) is 23.0 Å². The van der Waals surface area contributed by atoms with Crippen molar-refractivity contribution in [3.05, 3.63) is 40.9 Å². The molecule has 1 N–H and O–H groups in total. The molecule has 0 aliphatic carbocycles. The van der Waals surface area contributed by atoms with Gasteiger partial charge in [-0.05, 0) is 12.1 Å². The third kappa shape index (κ3) is 2.93. The number of benzene rings is 1. The van der Waals surface area contributed by atoms with E-state index in [4.69, 9.17) is 16.9 Å². The van der Waals surface area contributed by atoms with Gasteiger partial charge < -0.3 is 5.32 Å². The Hall–Kier alpha value is -1.60. The highest BCUT2D eigenvalue weighted by Gasteiger charge is 2.10. The molecule has 0 aromatic heterocycles. The van der Waals surface area contributed by atoms with Gasteiger partial charge in [0.1, 0.15) is 5.69 Å². The number of anilines is 1. The predicted octanol–water partition coefficient (Wildman–Crippen LogP) is 3.00. The van der Waals surface area contributed by atoms with Crippen LogP contribution >= 0.6 is 11.6 Å². The molecule has 1 aromatic carbocycles. The van der Waals surface area contributed by atoms with Crippen molar-refractivity contribution in [1.82, 2.24) is 0 Å². The molecule has 78 valence electrons. The van der Waals surface area contributed by atoms with Crippen molar-refractivity contribution in [3.8, 4) is 6.07 Å². The number of nitrogens with one attached hydrogen (secondary N) is 1. The van der Waals surface area contributed by atoms with Gasteiger partial charge in [0.25, 0.3) is 0 Å². The third-order valence-electron chi connectivity index (χ3n) is 1.63. The number of nitrogens with zero attached hydrogens (tertiary/aromatic N) is 1. The molecule has 0 fully saturated rings. The van der Waals surface area contributed by atoms with Crippen molar-refractivity contribution in [1.29, 1.82) is 5.26 Å². The van der Waals surface area contributed by atoms with Gasteiger partial charge in [0.05, 0.1) is 18.2 Å². The van der Waals surface area contributed by atoms with E-state index in [2.05, 4.69) is 11.9 Å². The van der Waals surface area contributed by atoms with Gasteiger partial charge in [0.2, 0.25) is 0 Å². The van der Waals surface area contributed by atoms with Gasteiger partial charge in [-0.1, -0.05) is 18.2 Å². The average molecular weight is 229 g/mol. The van der Waals surface area contributed by atoms with Gasteiger partial charge in [-0.15, -0.1) is 0 Å². The van der Waals surface area contributed by atoms with Crippen LogP contribution in [0.1, 0.15) is 5.56 Å². The maximum atomic E-state index is 13.2. The Morgan fingerprint density at radius 1 is 1.47 bits per heavy atom. The molecule has 5 heteroatoms. The fraction of sp³-hybridized carbons (Fsp3) is 0.100. The summed E-state index contributed by atoms with van der Waals surface area (Å²) in [5.74, 6) is -1.66. The van der Waals surface area contributed by atoms with Crippen LogP contribution in [0.25, 0.3) is 0 Å². The Labute approximate surface area is 90.8 Å². The first-order chi connectivity index (χ1) is 7.04. The molecule has 15 heavy (non-hydrogen) atoms. The standard InChI is InChI=1S/C10H7ClF2N2/c1-6(11)5-15-10-8(12)2-7(4-14)3-9(10)13/h2-3,15H,1,5H2. The van der Waals surface area contributed by atoms with Crippen LogP contribution < -0.4 is 5.32 Å². The summed E-state index contributed by atoms with van der Waals surface area (Å²) in [5.41, 5.74) is -0.379. The molecule has 0 radical (unpaired) electrons. The van der Waals surface area contributed by atoms with Crippen molar-refractivity contribution in [2.24, 2.45) is 0 Å². The van der Waals surface area contributed by atoms with Gasteiger partial charge >= 0.3 is 0 Å². The summed E-state index contributed by atoms with van der Waals surface area (Å²) in [7, 11) is 0. The molecule has 0 saturated heterocycles. The van der Waals surface area contributed by atoms with Crippen LogP contribution in [0.3, 0.4) is 0 Å². The minimum absolute atomic E-state index is 0.0568. The van der Waals surface area contributed by atoms with Crippen LogP contribution in [0.4, 0.5) is 14.5 Å². The van der Waals surface area contributed by atoms with E-state index in [1.54, 1.807) is 6.07 Å². The summed E-state index contributed by atoms with van der Waals surface area (Å²) in [6.07, 6.45) is 0. The number of rotatable bonds is 3. The molecule has 0 spiro atoms. The maximum absolute atomic E-state index is 13.2. The Morgan fingerprint density at radius 3 is 2.40 bits per heavy atom. The van der Waals surface area contributed by atoms with Crippen molar-refractivity contribution in [3.63, 3.8) is 0 Å². The topological polar surface area (TPSA) is 35.8 Å². The second kappa shape index (κ2) is 4.76. The Bertz CT molecular complexity index is 415. The van der Waals surface area contributed by atoms with E-state index in [0.717, 1.165) is 12.1 Å². The van der Waals surface area contributed by atoms with Crippen LogP contribution in [-0.4, -0.2) is 6.54 Å². The van der Waals surface area contributed by atoms with Gasteiger partial charge in [0.15, 0.2) is 11.6 Å². The summed E-state index contributed by atoms with van der Waals surface area (Å²) in [6.45, 7) is 3.43. The van der Waals surface area contributed by atoms with E-state index in [9.17, 15) is 8.78 Å². The fourth-order valence-corrected chi connectivity index (χ4v) is 1.06. The van der Waals surface area contributed by atoms with E-state index in [0.29, 0.717) is 0 Å². The molecule has 0 heterocycles. The van der Waals surface area contributed by atoms with Crippen LogP contribution in [0.15, 0.2) is 23.7 Å². The quantitative estimate of drug-likeness (QED) is 0.863. The van der Waals surface area contributed by atoms with Gasteiger partial charge in [-0.2, -0.15) is 5.26 Å². The Kier molecular flexibility index (Phi) is 3.64. The minimum Gasteiger partial charge on any atom is -0.375 e. The monoisotopic (exact) mass is 228 g/mol. The summed E-state index contributed by atoms with van der Waals surface area (Å²) >= 11 is 5.44. The van der Waals surface area contributed by atoms with Gasteiger partial charge in [-0.3, -0.25) is 0 Å². The van der Waals surface area contributed by atoms with Crippen LogP contribution in [0.2, 0.25) is 0 Å². The molecular formula is C10H7ClF2N2. The zero-order valence-electron chi connectivity index (χ0n) is 7.65. The predicted molar refractivity (Wildman–Crippen MR) is 54.6 cm³/mol. The Morgan fingerprint density at radius 2 is 2.00 bits per heavy atom. The van der Waals surface area contributed by atoms with E-state index in [1.807, 2.05) is 0 Å². The second-order valence-electron chi connectivity index (χ2n) is 2.80. The van der Waals surface area contributed by atoms with E-state index in [-0.39, 0.29) is 22.8 Å². The SMILES string of the molecule is C=C(Cl)CNc1c(F)cc(C#N)cc1F. The molecule has 0 amide bonds. The molecular weight excluding hydrogens is 222 g/mol. The van der Waals surface area contributed by atoms with Crippen molar-refractivity contribution in [2.45, 2.75) is 0 Å². The molecule has 2 nitrogen and oxygen atoms in total. The summed E-state index contributed by atoms with van der Waals surface area (Å²) in [5, 5.41) is 11.1. The largest absolute Gasteiger partial charge is 0.375 e. The molecule has 0 aliphatic rings. The lowest BCUT2D eigenvalue weighted by Crippen LogP contribution is -2.05. The molecule has 0 saturated carbocycles. The van der Waals surface area contributed by atoms with Crippen LogP contribution in [0.5, 0.6) is 0 Å². The first-order valence-corrected chi connectivity index (χ1v) is 4.38. The summed E-state index contributed by atoms with van der Waals surface area (Å²) < 4.78 is 26.4. The Balaban J connectivity index is 2.99. The number of hydrogen-bond acceptors (Lipinski definition) is 2. The van der Waals surface area contributed by atoms with Crippen molar-refractivity contribution in [2.75, 3.05) is 11.9 Å². The van der Waals surface area contributed by atoms with Crippen molar-refractivity contribution < 1.29 is 8.78 Å². The molecule has 0 atom stereocenters. The molecule has 0 unspecified atom stereocenters. The smallest absolute Gasteiger partial charge is 0.150 e. The minimum atomic E-state index is -0.829. The fourth-order valence-electron chi connectivity index (χ4n) is 0.991. The first kappa shape index (κ1) is 11.5. The number of nitriles is 1. The zero-order valence-corrected chi connectivity index (χ0v) is 8.41. The molecule has 1 rings (SSSR count). The molecule has 1 aromatic rings. The first-order valence-electron chi connectivity index (χ1n) is 4.01. The third-order valence-corrected chi connectivity index (χ3v) is 1.76. The van der Waals surface area contributed by atoms with Gasteiger partial charge in [-0.25, -0.2) is 8.78 Å². The second-order valence-corrected chi connectivity index (χ2v) is 3.33. The van der Waals surface area contributed by atoms with E-state index >= 15 is 0 Å². The van der Waals surface area contributed by atoms with Crippen molar-refractivity contribution >= 4 is 17.3 Å². The lowest BCUT2D eigenvalue weighted by atomic mass is 10.2. The highest BCUT2D eigenvalue weighted by molar-refractivity contribution is 6.29. The summed E-state index contributed by atoms with van der Waals surface area (Å²) in [4.78, 5) is 0.